The van der Waals surface area contributed by atoms with Crippen molar-refractivity contribution in [2.24, 2.45) is 0 Å². The lowest BCUT2D eigenvalue weighted by molar-refractivity contribution is 0.0955. The zero-order valence-corrected chi connectivity index (χ0v) is 12.0. The highest BCUT2D eigenvalue weighted by atomic mass is 32.2. The van der Waals surface area contributed by atoms with E-state index < -0.39 is 10.8 Å². The second-order valence-corrected chi connectivity index (χ2v) is 6.42. The highest BCUT2D eigenvalue weighted by Crippen LogP contribution is 2.25. The average molecular weight is 280 g/mol. The fraction of sp³-hybridized carbons (Fsp3) is 0.500. The van der Waals surface area contributed by atoms with E-state index in [0.717, 1.165) is 36.2 Å². The summed E-state index contributed by atoms with van der Waals surface area (Å²) in [5.41, 5.74) is 2.91. The van der Waals surface area contributed by atoms with E-state index in [1.54, 1.807) is 0 Å². The van der Waals surface area contributed by atoms with Gasteiger partial charge in [0.05, 0.1) is 0 Å². The van der Waals surface area contributed by atoms with Gasteiger partial charge < -0.3 is 10.6 Å². The first-order chi connectivity index (χ1) is 9.22. The van der Waals surface area contributed by atoms with Crippen molar-refractivity contribution in [3.8, 4) is 0 Å². The number of fused-ring (bicyclic) bond motifs is 1. The average Bonchev–Trinajstić information content (AvgIpc) is 2.46. The number of anilines is 1. The Morgan fingerprint density at radius 3 is 3.11 bits per heavy atom. The van der Waals surface area contributed by atoms with Crippen LogP contribution in [-0.2, 0) is 17.2 Å². The molecule has 5 heteroatoms. The lowest BCUT2D eigenvalue weighted by Crippen LogP contribution is -2.29. The zero-order chi connectivity index (χ0) is 13.7. The van der Waals surface area contributed by atoms with E-state index in [0.29, 0.717) is 18.1 Å². The van der Waals surface area contributed by atoms with Gasteiger partial charge in [0.1, 0.15) is 0 Å². The molecule has 0 saturated heterocycles. The molecular weight excluding hydrogens is 260 g/mol. The normalized spacial score (nSPS) is 15.2. The van der Waals surface area contributed by atoms with Crippen molar-refractivity contribution in [3.05, 3.63) is 29.3 Å². The highest BCUT2D eigenvalue weighted by molar-refractivity contribution is 7.84. The monoisotopic (exact) mass is 280 g/mol. The molecule has 4 nitrogen and oxygen atoms in total. The Hall–Kier alpha value is -1.36. The third kappa shape index (κ3) is 3.56. The van der Waals surface area contributed by atoms with Gasteiger partial charge in [-0.25, -0.2) is 0 Å². The summed E-state index contributed by atoms with van der Waals surface area (Å²) in [6.07, 6.45) is 1.99. The molecule has 2 N–H and O–H groups in total. The largest absolute Gasteiger partial charge is 0.385 e. The first-order valence-electron chi connectivity index (χ1n) is 6.71. The highest BCUT2D eigenvalue weighted by Gasteiger charge is 2.16. The van der Waals surface area contributed by atoms with Crippen molar-refractivity contribution in [1.82, 2.24) is 5.32 Å². The third-order valence-corrected chi connectivity index (χ3v) is 4.58. The van der Waals surface area contributed by atoms with Crippen LogP contribution in [0.1, 0.15) is 29.3 Å². The smallest absolute Gasteiger partial charge is 0.251 e. The van der Waals surface area contributed by atoms with Crippen molar-refractivity contribution >= 4 is 22.4 Å². The zero-order valence-electron chi connectivity index (χ0n) is 11.2. The molecule has 1 atom stereocenters. The lowest BCUT2D eigenvalue weighted by Gasteiger charge is -2.20. The maximum atomic E-state index is 12.1. The maximum Gasteiger partial charge on any atom is 0.251 e. The molecule has 1 aromatic carbocycles. The van der Waals surface area contributed by atoms with E-state index in [1.165, 1.54) is 0 Å². The topological polar surface area (TPSA) is 58.2 Å². The van der Waals surface area contributed by atoms with E-state index in [9.17, 15) is 9.00 Å². The fourth-order valence-corrected chi connectivity index (χ4v) is 2.86. The van der Waals surface area contributed by atoms with Gasteiger partial charge in [-0.15, -0.1) is 0 Å². The Morgan fingerprint density at radius 2 is 2.32 bits per heavy atom. The molecule has 19 heavy (non-hydrogen) atoms. The number of carbonyl (C=O) groups is 1. The maximum absolute atomic E-state index is 12.1. The van der Waals surface area contributed by atoms with Gasteiger partial charge in [-0.1, -0.05) is 13.0 Å². The van der Waals surface area contributed by atoms with Crippen LogP contribution in [-0.4, -0.2) is 34.7 Å². The summed E-state index contributed by atoms with van der Waals surface area (Å²) in [4.78, 5) is 12.1. The minimum Gasteiger partial charge on any atom is -0.385 e. The summed E-state index contributed by atoms with van der Waals surface area (Å²) in [6, 6.07) is 5.77. The molecule has 2 rings (SSSR count). The van der Waals surface area contributed by atoms with E-state index >= 15 is 0 Å². The molecule has 1 amide bonds. The summed E-state index contributed by atoms with van der Waals surface area (Å²) in [6.45, 7) is 3.32. The second kappa shape index (κ2) is 6.70. The first kappa shape index (κ1) is 14.1. The molecule has 1 aliphatic rings. The van der Waals surface area contributed by atoms with Crippen LogP contribution in [0.3, 0.4) is 0 Å². The van der Waals surface area contributed by atoms with E-state index in [4.69, 9.17) is 0 Å². The molecule has 1 unspecified atom stereocenters. The van der Waals surface area contributed by atoms with Crippen molar-refractivity contribution in [2.75, 3.05) is 29.9 Å². The van der Waals surface area contributed by atoms with Crippen LogP contribution < -0.4 is 10.6 Å². The number of amides is 1. The molecular formula is C14H20N2O2S. The van der Waals surface area contributed by atoms with Crippen LogP contribution in [0.5, 0.6) is 0 Å². The molecule has 0 bridgehead atoms. The van der Waals surface area contributed by atoms with Gasteiger partial charge in [0.2, 0.25) is 0 Å². The summed E-state index contributed by atoms with van der Waals surface area (Å²) in [5, 5.41) is 6.17. The van der Waals surface area contributed by atoms with Gasteiger partial charge in [-0.05, 0) is 30.5 Å². The number of hydrogen-bond acceptors (Lipinski definition) is 3. The van der Waals surface area contributed by atoms with Gasteiger partial charge in [-0.3, -0.25) is 9.00 Å². The number of nitrogens with one attached hydrogen (secondary N) is 2. The Kier molecular flexibility index (Phi) is 4.96. The van der Waals surface area contributed by atoms with Crippen LogP contribution in [0.4, 0.5) is 5.69 Å². The molecule has 0 fully saturated rings. The minimum absolute atomic E-state index is 0.0614. The van der Waals surface area contributed by atoms with Crippen molar-refractivity contribution < 1.29 is 9.00 Å². The van der Waals surface area contributed by atoms with E-state index in [-0.39, 0.29) is 5.91 Å². The van der Waals surface area contributed by atoms with Crippen LogP contribution >= 0.6 is 0 Å². The van der Waals surface area contributed by atoms with Crippen LogP contribution in [0.2, 0.25) is 0 Å². The van der Waals surface area contributed by atoms with Crippen molar-refractivity contribution in [1.29, 1.82) is 0 Å². The van der Waals surface area contributed by atoms with Gasteiger partial charge >= 0.3 is 0 Å². The summed E-state index contributed by atoms with van der Waals surface area (Å²) >= 11 is 0. The predicted octanol–water partition coefficient (Wildman–Crippen LogP) is 1.54. The molecule has 0 saturated carbocycles. The van der Waals surface area contributed by atoms with Gasteiger partial charge in [0.25, 0.3) is 5.91 Å². The first-order valence-corrected chi connectivity index (χ1v) is 8.20. The van der Waals surface area contributed by atoms with Gasteiger partial charge in [0, 0.05) is 46.6 Å². The minimum atomic E-state index is -0.829. The molecule has 0 aliphatic carbocycles. The molecule has 104 valence electrons. The number of hydrogen-bond donors (Lipinski definition) is 2. The van der Waals surface area contributed by atoms with E-state index in [1.807, 2.05) is 25.1 Å². The molecule has 0 aromatic heterocycles. The Morgan fingerprint density at radius 1 is 1.47 bits per heavy atom. The lowest BCUT2D eigenvalue weighted by atomic mass is 9.97. The second-order valence-electron chi connectivity index (χ2n) is 4.55. The summed E-state index contributed by atoms with van der Waals surface area (Å²) < 4.78 is 11.3. The van der Waals surface area contributed by atoms with Gasteiger partial charge in [-0.2, -0.15) is 0 Å². The van der Waals surface area contributed by atoms with Crippen LogP contribution in [0, 0.1) is 0 Å². The quantitative estimate of drug-likeness (QED) is 0.860. The summed E-state index contributed by atoms with van der Waals surface area (Å²) in [7, 11) is -0.829. The van der Waals surface area contributed by atoms with Crippen molar-refractivity contribution in [2.45, 2.75) is 19.8 Å². The molecule has 0 radical (unpaired) electrons. The number of benzene rings is 1. The Balaban J connectivity index is 2.01. The van der Waals surface area contributed by atoms with Crippen LogP contribution in [0.25, 0.3) is 0 Å². The molecule has 1 aromatic rings. The standard InChI is InChI=1S/C14H20N2O2S/c1-2-19(18)10-9-16-14(17)12-5-3-7-13-11(12)6-4-8-15-13/h3,5,7,15H,2,4,6,8-10H2,1H3,(H,16,17). The molecule has 0 spiro atoms. The number of rotatable bonds is 5. The Labute approximate surface area is 116 Å². The SMILES string of the molecule is CCS(=O)CCNC(=O)c1cccc2c1CCCN2. The summed E-state index contributed by atoms with van der Waals surface area (Å²) in [5.74, 6) is 1.10. The molecule has 1 aliphatic heterocycles. The van der Waals surface area contributed by atoms with Crippen LogP contribution in [0.15, 0.2) is 18.2 Å². The van der Waals surface area contributed by atoms with Crippen molar-refractivity contribution in [3.63, 3.8) is 0 Å². The molecule has 1 heterocycles. The predicted molar refractivity (Wildman–Crippen MR) is 79.1 cm³/mol. The third-order valence-electron chi connectivity index (χ3n) is 3.28. The van der Waals surface area contributed by atoms with E-state index in [2.05, 4.69) is 10.6 Å². The number of carbonyl (C=O) groups excluding carboxylic acids is 1. The Bertz CT molecular complexity index is 488. The fourth-order valence-electron chi connectivity index (χ4n) is 2.24. The van der Waals surface area contributed by atoms with Gasteiger partial charge in [0.15, 0.2) is 0 Å².